The zero-order valence-corrected chi connectivity index (χ0v) is 15.0. The minimum absolute atomic E-state index is 0.0360. The summed E-state index contributed by atoms with van der Waals surface area (Å²) in [5, 5.41) is 16.5. The third-order valence-corrected chi connectivity index (χ3v) is 4.03. The molecule has 0 saturated heterocycles. The van der Waals surface area contributed by atoms with Crippen LogP contribution in [0.1, 0.15) is 18.2 Å². The minimum atomic E-state index is -0.613. The number of pyridine rings is 1. The molecular formula is C20H21FN4O2. The number of nitrogens with one attached hydrogen (secondary N) is 1. The maximum Gasteiger partial charge on any atom is 0.241 e. The lowest BCUT2D eigenvalue weighted by atomic mass is 10.1. The second-order valence-electron chi connectivity index (χ2n) is 6.37. The first-order valence-electron chi connectivity index (χ1n) is 8.67. The quantitative estimate of drug-likeness (QED) is 0.670. The van der Waals surface area contributed by atoms with Crippen molar-refractivity contribution in [3.05, 3.63) is 71.9 Å². The minimum Gasteiger partial charge on any atom is -0.392 e. The summed E-state index contributed by atoms with van der Waals surface area (Å²) in [7, 11) is 0. The van der Waals surface area contributed by atoms with E-state index < -0.39 is 6.10 Å². The number of rotatable bonds is 7. The van der Waals surface area contributed by atoms with E-state index in [0.29, 0.717) is 6.42 Å². The van der Waals surface area contributed by atoms with Gasteiger partial charge in [0.05, 0.1) is 11.8 Å². The molecule has 1 unspecified atom stereocenters. The fraction of sp³-hybridized carbons (Fsp3) is 0.250. The van der Waals surface area contributed by atoms with E-state index in [9.17, 15) is 14.3 Å². The Hall–Kier alpha value is -3.06. The molecule has 0 fully saturated rings. The van der Waals surface area contributed by atoms with E-state index in [0.717, 1.165) is 22.5 Å². The van der Waals surface area contributed by atoms with E-state index in [4.69, 9.17) is 0 Å². The van der Waals surface area contributed by atoms with E-state index in [1.165, 1.54) is 12.1 Å². The highest BCUT2D eigenvalue weighted by atomic mass is 19.1. The molecule has 0 aliphatic rings. The zero-order valence-electron chi connectivity index (χ0n) is 15.0. The highest BCUT2D eigenvalue weighted by Gasteiger charge is 2.13. The molecular weight excluding hydrogens is 347 g/mol. The average molecular weight is 368 g/mol. The predicted molar refractivity (Wildman–Crippen MR) is 99.4 cm³/mol. The van der Waals surface area contributed by atoms with Gasteiger partial charge in [-0.25, -0.2) is 4.39 Å². The fourth-order valence-corrected chi connectivity index (χ4v) is 2.66. The predicted octanol–water partition coefficient (Wildman–Crippen LogP) is 2.17. The molecule has 0 bridgehead atoms. The van der Waals surface area contributed by atoms with Crippen LogP contribution >= 0.6 is 0 Å². The van der Waals surface area contributed by atoms with Crippen molar-refractivity contribution >= 4 is 5.91 Å². The van der Waals surface area contributed by atoms with Crippen molar-refractivity contribution in [2.24, 2.45) is 0 Å². The van der Waals surface area contributed by atoms with Crippen LogP contribution in [0.3, 0.4) is 0 Å². The molecule has 0 aliphatic heterocycles. The number of aliphatic hydroxyl groups is 1. The van der Waals surface area contributed by atoms with Crippen LogP contribution in [0.25, 0.3) is 11.3 Å². The summed E-state index contributed by atoms with van der Waals surface area (Å²) in [6.07, 6.45) is 3.27. The van der Waals surface area contributed by atoms with Crippen LogP contribution in [0.4, 0.5) is 4.39 Å². The van der Waals surface area contributed by atoms with Gasteiger partial charge in [-0.1, -0.05) is 12.1 Å². The molecule has 140 valence electrons. The van der Waals surface area contributed by atoms with Crippen molar-refractivity contribution in [3.8, 4) is 11.3 Å². The van der Waals surface area contributed by atoms with Gasteiger partial charge in [0.15, 0.2) is 0 Å². The van der Waals surface area contributed by atoms with Crippen LogP contribution in [0.5, 0.6) is 0 Å². The van der Waals surface area contributed by atoms with Crippen molar-refractivity contribution in [1.82, 2.24) is 20.1 Å². The fourth-order valence-electron chi connectivity index (χ4n) is 2.66. The zero-order chi connectivity index (χ0) is 19.2. The van der Waals surface area contributed by atoms with Gasteiger partial charge in [-0.05, 0) is 42.8 Å². The highest BCUT2D eigenvalue weighted by Crippen LogP contribution is 2.20. The molecule has 3 rings (SSSR count). The van der Waals surface area contributed by atoms with Gasteiger partial charge < -0.3 is 10.4 Å². The maximum absolute atomic E-state index is 13.2. The van der Waals surface area contributed by atoms with Crippen molar-refractivity contribution in [2.45, 2.75) is 26.0 Å². The van der Waals surface area contributed by atoms with Crippen molar-refractivity contribution < 1.29 is 14.3 Å². The molecule has 1 atom stereocenters. The smallest absolute Gasteiger partial charge is 0.241 e. The molecule has 2 N–H and O–H groups in total. The van der Waals surface area contributed by atoms with Gasteiger partial charge in [0.2, 0.25) is 5.91 Å². The number of hydrogen-bond acceptors (Lipinski definition) is 4. The largest absolute Gasteiger partial charge is 0.392 e. The lowest BCUT2D eigenvalue weighted by Crippen LogP contribution is -2.33. The van der Waals surface area contributed by atoms with Crippen molar-refractivity contribution in [3.63, 3.8) is 0 Å². The van der Waals surface area contributed by atoms with Crippen LogP contribution in [0, 0.1) is 5.82 Å². The summed E-state index contributed by atoms with van der Waals surface area (Å²) in [5.41, 5.74) is 3.38. The molecule has 2 heterocycles. The van der Waals surface area contributed by atoms with Crippen molar-refractivity contribution in [1.29, 1.82) is 0 Å². The molecule has 6 nitrogen and oxygen atoms in total. The first kappa shape index (κ1) is 18.7. The van der Waals surface area contributed by atoms with Crippen LogP contribution in [-0.4, -0.2) is 38.4 Å². The van der Waals surface area contributed by atoms with E-state index in [-0.39, 0.29) is 24.8 Å². The number of hydrogen-bond donors (Lipinski definition) is 2. The van der Waals surface area contributed by atoms with Gasteiger partial charge in [-0.2, -0.15) is 5.10 Å². The Morgan fingerprint density at radius 3 is 2.59 bits per heavy atom. The molecule has 0 spiro atoms. The van der Waals surface area contributed by atoms with Gasteiger partial charge in [0.1, 0.15) is 12.4 Å². The third kappa shape index (κ3) is 5.21. The van der Waals surface area contributed by atoms with Gasteiger partial charge in [-0.3, -0.25) is 14.5 Å². The van der Waals surface area contributed by atoms with E-state index >= 15 is 0 Å². The van der Waals surface area contributed by atoms with Gasteiger partial charge >= 0.3 is 0 Å². The van der Waals surface area contributed by atoms with Gasteiger partial charge in [-0.15, -0.1) is 0 Å². The normalized spacial score (nSPS) is 12.0. The standard InChI is InChI=1S/C20H21FN4O2/c1-14(26)12-23-20(27)13-25-18(10-15-2-4-17(21)5-3-15)11-19(24-25)16-6-8-22-9-7-16/h2-9,11,14,26H,10,12-13H2,1H3,(H,23,27). The summed E-state index contributed by atoms with van der Waals surface area (Å²) >= 11 is 0. The Kier molecular flexibility index (Phi) is 5.93. The molecule has 3 aromatic rings. The van der Waals surface area contributed by atoms with Crippen LogP contribution in [0.2, 0.25) is 0 Å². The van der Waals surface area contributed by atoms with Crippen LogP contribution < -0.4 is 5.32 Å². The summed E-state index contributed by atoms with van der Waals surface area (Å²) < 4.78 is 14.8. The Morgan fingerprint density at radius 2 is 1.93 bits per heavy atom. The lowest BCUT2D eigenvalue weighted by Gasteiger charge is -2.10. The van der Waals surface area contributed by atoms with Crippen molar-refractivity contribution in [2.75, 3.05) is 6.54 Å². The topological polar surface area (TPSA) is 80.0 Å². The Labute approximate surface area is 156 Å². The molecule has 0 saturated carbocycles. The highest BCUT2D eigenvalue weighted by molar-refractivity contribution is 5.76. The number of aromatic nitrogens is 3. The number of halogens is 1. The lowest BCUT2D eigenvalue weighted by molar-refractivity contribution is -0.122. The molecule has 27 heavy (non-hydrogen) atoms. The van der Waals surface area contributed by atoms with Gasteiger partial charge in [0.25, 0.3) is 0 Å². The van der Waals surface area contributed by atoms with E-state index in [1.54, 1.807) is 36.1 Å². The molecule has 7 heteroatoms. The van der Waals surface area contributed by atoms with Crippen LogP contribution in [0.15, 0.2) is 54.9 Å². The number of amides is 1. The molecule has 0 aliphatic carbocycles. The number of aliphatic hydroxyl groups excluding tert-OH is 1. The molecule has 1 aromatic carbocycles. The van der Waals surface area contributed by atoms with E-state index in [1.807, 2.05) is 18.2 Å². The summed E-state index contributed by atoms with van der Waals surface area (Å²) in [6, 6.07) is 11.9. The number of carbonyl (C=O) groups excluding carboxylic acids is 1. The average Bonchev–Trinajstić information content (AvgIpc) is 3.05. The monoisotopic (exact) mass is 368 g/mol. The Balaban J connectivity index is 1.85. The first-order chi connectivity index (χ1) is 13.0. The summed E-state index contributed by atoms with van der Waals surface area (Å²) in [5.74, 6) is -0.525. The Morgan fingerprint density at radius 1 is 1.22 bits per heavy atom. The SMILES string of the molecule is CC(O)CNC(=O)Cn1nc(-c2ccncc2)cc1Cc1ccc(F)cc1. The second kappa shape index (κ2) is 8.55. The van der Waals surface area contributed by atoms with Gasteiger partial charge in [0, 0.05) is 36.6 Å². The summed E-state index contributed by atoms with van der Waals surface area (Å²) in [6.45, 7) is 1.83. The van der Waals surface area contributed by atoms with E-state index in [2.05, 4.69) is 15.4 Å². The number of carbonyl (C=O) groups is 1. The van der Waals surface area contributed by atoms with Crippen LogP contribution in [-0.2, 0) is 17.8 Å². The maximum atomic E-state index is 13.2. The molecule has 0 radical (unpaired) electrons. The number of nitrogens with zero attached hydrogens (tertiary/aromatic N) is 3. The second-order valence-corrected chi connectivity index (χ2v) is 6.37. The first-order valence-corrected chi connectivity index (χ1v) is 8.67. The third-order valence-electron chi connectivity index (χ3n) is 4.03. The molecule has 1 amide bonds. The summed E-state index contributed by atoms with van der Waals surface area (Å²) in [4.78, 5) is 16.2. The number of benzene rings is 1. The molecule has 2 aromatic heterocycles. The Bertz CT molecular complexity index is 892.